The van der Waals surface area contributed by atoms with E-state index in [1.165, 1.54) is 4.31 Å². The first kappa shape index (κ1) is 11.3. The van der Waals surface area contributed by atoms with Gasteiger partial charge >= 0.3 is 0 Å². The lowest BCUT2D eigenvalue weighted by Crippen LogP contribution is -2.34. The normalized spacial score (nSPS) is 16.1. The van der Waals surface area contributed by atoms with Gasteiger partial charge in [-0.15, -0.1) is 0 Å². The van der Waals surface area contributed by atoms with Crippen LogP contribution in [0.4, 0.5) is 11.4 Å². The highest BCUT2D eigenvalue weighted by molar-refractivity contribution is 7.93. The molecule has 0 aliphatic heterocycles. The molecule has 0 radical (unpaired) electrons. The molecule has 0 unspecified atom stereocenters. The second-order valence-electron chi connectivity index (χ2n) is 3.97. The topological polar surface area (TPSA) is 63.4 Å². The Kier molecular flexibility index (Phi) is 2.80. The van der Waals surface area contributed by atoms with Crippen molar-refractivity contribution in [1.82, 2.24) is 0 Å². The van der Waals surface area contributed by atoms with Gasteiger partial charge in [-0.1, -0.05) is 12.1 Å². The number of sulfonamides is 1. The van der Waals surface area contributed by atoms with Crippen molar-refractivity contribution in [3.8, 4) is 0 Å². The van der Waals surface area contributed by atoms with Crippen LogP contribution in [0.15, 0.2) is 24.3 Å². The molecule has 1 aromatic carbocycles. The summed E-state index contributed by atoms with van der Waals surface area (Å²) in [5.41, 5.74) is 6.91. The monoisotopic (exact) mass is 240 g/mol. The van der Waals surface area contributed by atoms with E-state index in [4.69, 9.17) is 5.73 Å². The van der Waals surface area contributed by atoms with Crippen molar-refractivity contribution in [2.45, 2.75) is 25.0 Å². The summed E-state index contributed by atoms with van der Waals surface area (Å²) in [5.74, 6) is 0. The predicted molar refractivity (Wildman–Crippen MR) is 65.8 cm³/mol. The van der Waals surface area contributed by atoms with Crippen molar-refractivity contribution in [3.63, 3.8) is 0 Å². The molecule has 0 heterocycles. The van der Waals surface area contributed by atoms with Crippen molar-refractivity contribution in [1.29, 1.82) is 0 Å². The van der Waals surface area contributed by atoms with Gasteiger partial charge in [-0.25, -0.2) is 8.42 Å². The summed E-state index contributed by atoms with van der Waals surface area (Å²) in [5, 5.41) is -0.202. The number of hydrogen-bond donors (Lipinski definition) is 1. The maximum absolute atomic E-state index is 12.1. The largest absolute Gasteiger partial charge is 0.397 e. The Morgan fingerprint density at radius 3 is 2.50 bits per heavy atom. The molecule has 1 fully saturated rings. The summed E-state index contributed by atoms with van der Waals surface area (Å²) in [6.07, 6.45) is 1.54. The second kappa shape index (κ2) is 3.97. The summed E-state index contributed by atoms with van der Waals surface area (Å²) in [6, 6.07) is 7.08. The summed E-state index contributed by atoms with van der Waals surface area (Å²) < 4.78 is 25.7. The van der Waals surface area contributed by atoms with Crippen molar-refractivity contribution in [3.05, 3.63) is 24.3 Å². The van der Waals surface area contributed by atoms with Gasteiger partial charge in [-0.3, -0.25) is 4.31 Å². The van der Waals surface area contributed by atoms with Crippen LogP contribution in [0.3, 0.4) is 0 Å². The van der Waals surface area contributed by atoms with Crippen LogP contribution in [0.1, 0.15) is 19.8 Å². The van der Waals surface area contributed by atoms with Gasteiger partial charge < -0.3 is 5.73 Å². The lowest BCUT2D eigenvalue weighted by Gasteiger charge is -2.24. The van der Waals surface area contributed by atoms with Gasteiger partial charge in [0.15, 0.2) is 0 Å². The van der Waals surface area contributed by atoms with E-state index in [2.05, 4.69) is 0 Å². The van der Waals surface area contributed by atoms with Crippen molar-refractivity contribution < 1.29 is 8.42 Å². The summed E-state index contributed by atoms with van der Waals surface area (Å²) in [6.45, 7) is 2.25. The SMILES string of the molecule is CCN(c1ccccc1N)S(=O)(=O)C1CC1. The lowest BCUT2D eigenvalue weighted by molar-refractivity contribution is 0.590. The maximum Gasteiger partial charge on any atom is 0.238 e. The zero-order chi connectivity index (χ0) is 11.8. The zero-order valence-corrected chi connectivity index (χ0v) is 10.1. The van der Waals surface area contributed by atoms with E-state index < -0.39 is 10.0 Å². The molecule has 5 heteroatoms. The number of nitrogens with two attached hydrogens (primary N) is 1. The standard InChI is InChI=1S/C11H16N2O2S/c1-2-13(16(14,15)9-7-8-9)11-6-4-3-5-10(11)12/h3-6,9H,2,7-8,12H2,1H3. The Morgan fingerprint density at radius 1 is 1.38 bits per heavy atom. The molecule has 0 spiro atoms. The number of para-hydroxylation sites is 2. The molecule has 1 aromatic rings. The van der Waals surface area contributed by atoms with Crippen LogP contribution in [0.25, 0.3) is 0 Å². The Bertz CT molecular complexity index is 481. The molecule has 1 aliphatic rings. The minimum atomic E-state index is -3.20. The fourth-order valence-corrected chi connectivity index (χ4v) is 3.64. The zero-order valence-electron chi connectivity index (χ0n) is 9.26. The molecule has 1 saturated carbocycles. The molecular weight excluding hydrogens is 224 g/mol. The van der Waals surface area contributed by atoms with Crippen LogP contribution in [-0.4, -0.2) is 20.2 Å². The molecule has 1 aliphatic carbocycles. The first-order valence-corrected chi connectivity index (χ1v) is 6.93. The number of anilines is 2. The molecular formula is C11H16N2O2S. The minimum Gasteiger partial charge on any atom is -0.397 e. The van der Waals surface area contributed by atoms with Crippen LogP contribution < -0.4 is 10.0 Å². The molecule has 2 rings (SSSR count). The van der Waals surface area contributed by atoms with Crippen LogP contribution >= 0.6 is 0 Å². The van der Waals surface area contributed by atoms with Crippen LogP contribution in [0.2, 0.25) is 0 Å². The quantitative estimate of drug-likeness (QED) is 0.813. The first-order valence-electron chi connectivity index (χ1n) is 5.43. The third-order valence-corrected chi connectivity index (χ3v) is 5.13. The van der Waals surface area contributed by atoms with E-state index in [0.29, 0.717) is 17.9 Å². The third kappa shape index (κ3) is 1.87. The highest BCUT2D eigenvalue weighted by atomic mass is 32.2. The van der Waals surface area contributed by atoms with Gasteiger partial charge in [0.2, 0.25) is 10.0 Å². The summed E-state index contributed by atoms with van der Waals surface area (Å²) in [7, 11) is -3.20. The Morgan fingerprint density at radius 2 is 2.00 bits per heavy atom. The lowest BCUT2D eigenvalue weighted by atomic mass is 10.3. The molecule has 2 N–H and O–H groups in total. The van der Waals surface area contributed by atoms with Crippen molar-refractivity contribution in [2.24, 2.45) is 0 Å². The van der Waals surface area contributed by atoms with E-state index in [9.17, 15) is 8.42 Å². The summed E-state index contributed by atoms with van der Waals surface area (Å²) in [4.78, 5) is 0. The molecule has 4 nitrogen and oxygen atoms in total. The van der Waals surface area contributed by atoms with Gasteiger partial charge in [-0.2, -0.15) is 0 Å². The Labute approximate surface area is 96.1 Å². The maximum atomic E-state index is 12.1. The van der Waals surface area contributed by atoms with Crippen molar-refractivity contribution >= 4 is 21.4 Å². The Balaban J connectivity index is 2.40. The molecule has 0 bridgehead atoms. The van der Waals surface area contributed by atoms with Crippen LogP contribution in [-0.2, 0) is 10.0 Å². The number of hydrogen-bond acceptors (Lipinski definition) is 3. The summed E-state index contributed by atoms with van der Waals surface area (Å²) >= 11 is 0. The minimum absolute atomic E-state index is 0.202. The van der Waals surface area contributed by atoms with E-state index in [0.717, 1.165) is 12.8 Å². The average molecular weight is 240 g/mol. The molecule has 0 aromatic heterocycles. The van der Waals surface area contributed by atoms with Crippen LogP contribution in [0, 0.1) is 0 Å². The van der Waals surface area contributed by atoms with E-state index in [-0.39, 0.29) is 5.25 Å². The van der Waals surface area contributed by atoms with Crippen LogP contribution in [0.5, 0.6) is 0 Å². The number of nitrogens with zero attached hydrogens (tertiary/aromatic N) is 1. The van der Waals surface area contributed by atoms with E-state index >= 15 is 0 Å². The van der Waals surface area contributed by atoms with Gasteiger partial charge in [-0.05, 0) is 31.9 Å². The molecule has 88 valence electrons. The molecule has 16 heavy (non-hydrogen) atoms. The predicted octanol–water partition coefficient (Wildman–Crippen LogP) is 1.59. The highest BCUT2D eigenvalue weighted by Gasteiger charge is 2.40. The van der Waals surface area contributed by atoms with Gasteiger partial charge in [0.05, 0.1) is 16.6 Å². The fraction of sp³-hybridized carbons (Fsp3) is 0.455. The van der Waals surface area contributed by atoms with Crippen molar-refractivity contribution in [2.75, 3.05) is 16.6 Å². The average Bonchev–Trinajstić information content (AvgIpc) is 3.05. The van der Waals surface area contributed by atoms with E-state index in [1.54, 1.807) is 24.3 Å². The van der Waals surface area contributed by atoms with E-state index in [1.807, 2.05) is 6.92 Å². The smallest absolute Gasteiger partial charge is 0.238 e. The fourth-order valence-electron chi connectivity index (χ4n) is 1.75. The molecule has 0 amide bonds. The Hall–Kier alpha value is -1.23. The van der Waals surface area contributed by atoms with Gasteiger partial charge in [0, 0.05) is 6.54 Å². The number of benzene rings is 1. The molecule has 0 saturated heterocycles. The second-order valence-corrected chi connectivity index (χ2v) is 6.11. The number of rotatable bonds is 4. The van der Waals surface area contributed by atoms with Gasteiger partial charge in [0.1, 0.15) is 0 Å². The third-order valence-electron chi connectivity index (χ3n) is 2.75. The first-order chi connectivity index (χ1) is 7.57. The highest BCUT2D eigenvalue weighted by Crippen LogP contribution is 2.35. The molecule has 0 atom stereocenters. The number of nitrogen functional groups attached to an aromatic ring is 1. The van der Waals surface area contributed by atoms with Gasteiger partial charge in [0.25, 0.3) is 0 Å².